The molecular weight excluding hydrogens is 596 g/mol. The lowest BCUT2D eigenvalue weighted by Crippen LogP contribution is -2.26. The molecule has 1 aliphatic rings. The molecule has 0 atom stereocenters. The Morgan fingerprint density at radius 2 is 1.81 bits per heavy atom. The summed E-state index contributed by atoms with van der Waals surface area (Å²) in [4.78, 5) is 28.7. The third kappa shape index (κ3) is 4.88. The van der Waals surface area contributed by atoms with Crippen molar-refractivity contribution in [2.75, 3.05) is 6.79 Å². The number of fused-ring (bicyclic) bond motifs is 2. The minimum atomic E-state index is -0.820. The van der Waals surface area contributed by atoms with Gasteiger partial charge in [0.25, 0.3) is 5.91 Å². The van der Waals surface area contributed by atoms with E-state index in [2.05, 4.69) is 52.4 Å². The highest BCUT2D eigenvalue weighted by molar-refractivity contribution is 9.11. The number of carbonyl (C=O) groups is 2. The fraction of sp³-hybridized carbons (Fsp3) is 0.0400. The number of halogens is 2. The van der Waals surface area contributed by atoms with Crippen LogP contribution in [0.2, 0.25) is 0 Å². The molecule has 11 heteroatoms. The number of carbonyl (C=O) groups excluding carboxylic acids is 2. The van der Waals surface area contributed by atoms with Crippen molar-refractivity contribution in [3.8, 4) is 17.4 Å². The number of H-pyrrole nitrogens is 1. The van der Waals surface area contributed by atoms with Gasteiger partial charge in [0, 0.05) is 19.9 Å². The maximum Gasteiger partial charge on any atom is 0.311 e. The Morgan fingerprint density at radius 3 is 2.61 bits per heavy atom. The number of nitrogens with one attached hydrogen (secondary N) is 2. The number of rotatable bonds is 5. The van der Waals surface area contributed by atoms with Gasteiger partial charge in [0.05, 0.1) is 5.52 Å². The van der Waals surface area contributed by atoms with Gasteiger partial charge < -0.3 is 24.9 Å². The largest absolute Gasteiger partial charge is 0.493 e. The van der Waals surface area contributed by atoms with Gasteiger partial charge in [-0.2, -0.15) is 0 Å². The van der Waals surface area contributed by atoms with Gasteiger partial charge in [-0.25, -0.2) is 0 Å². The number of ether oxygens (including phenoxy) is 2. The van der Waals surface area contributed by atoms with Crippen molar-refractivity contribution < 1.29 is 24.2 Å². The smallest absolute Gasteiger partial charge is 0.311 e. The van der Waals surface area contributed by atoms with Crippen LogP contribution >= 0.6 is 31.9 Å². The number of hydrogen-bond acceptors (Lipinski definition) is 6. The fourth-order valence-electron chi connectivity index (χ4n) is 3.55. The van der Waals surface area contributed by atoms with Gasteiger partial charge in [-0.05, 0) is 64.0 Å². The topological polar surface area (TPSA) is 125 Å². The van der Waals surface area contributed by atoms with Crippen molar-refractivity contribution in [2.45, 2.75) is 0 Å². The summed E-state index contributed by atoms with van der Waals surface area (Å²) in [5.74, 6) is -0.463. The minimum absolute atomic E-state index is 0.0807. The molecule has 1 aliphatic heterocycles. The molecule has 0 bridgehead atoms. The normalized spacial score (nSPS) is 12.9. The van der Waals surface area contributed by atoms with Gasteiger partial charge in [-0.15, -0.1) is 10.2 Å². The average Bonchev–Trinajstić information content (AvgIpc) is 3.46. The zero-order chi connectivity index (χ0) is 25.2. The monoisotopic (exact) mass is 610 g/mol. The van der Waals surface area contributed by atoms with Crippen molar-refractivity contribution in [3.63, 3.8) is 0 Å². The number of benzene rings is 3. The van der Waals surface area contributed by atoms with Crippen molar-refractivity contribution in [1.29, 1.82) is 0 Å². The van der Waals surface area contributed by atoms with Crippen molar-refractivity contribution >= 4 is 66.3 Å². The summed E-state index contributed by atoms with van der Waals surface area (Å²) >= 11 is 6.82. The molecule has 0 saturated carbocycles. The summed E-state index contributed by atoms with van der Waals surface area (Å²) < 4.78 is 12.1. The highest BCUT2D eigenvalue weighted by Gasteiger charge is 2.18. The van der Waals surface area contributed by atoms with Crippen LogP contribution in [0.3, 0.4) is 0 Å². The zero-order valence-electron chi connectivity index (χ0n) is 18.3. The maximum atomic E-state index is 13.1. The van der Waals surface area contributed by atoms with E-state index in [1.807, 2.05) is 0 Å². The first kappa shape index (κ1) is 23.8. The lowest BCUT2D eigenvalue weighted by atomic mass is 10.1. The van der Waals surface area contributed by atoms with Crippen LogP contribution in [0.4, 0.5) is 5.69 Å². The number of nitrogens with zero attached hydrogens (tertiary/aromatic N) is 2. The van der Waals surface area contributed by atoms with Gasteiger partial charge in [-0.3, -0.25) is 9.59 Å². The van der Waals surface area contributed by atoms with Gasteiger partial charge in [-0.1, -0.05) is 40.2 Å². The van der Waals surface area contributed by atoms with E-state index in [1.165, 1.54) is 6.08 Å². The molecule has 2 amide bonds. The molecule has 3 N–H and O–H groups in total. The van der Waals surface area contributed by atoms with Crippen molar-refractivity contribution in [1.82, 2.24) is 10.3 Å². The second-order valence-corrected chi connectivity index (χ2v) is 9.40. The number of aromatic hydroxyl groups is 1. The molecule has 1 aromatic heterocycles. The second-order valence-electron chi connectivity index (χ2n) is 7.63. The molecule has 3 aromatic carbocycles. The summed E-state index contributed by atoms with van der Waals surface area (Å²) in [5, 5.41) is 21.3. The van der Waals surface area contributed by atoms with E-state index in [4.69, 9.17) is 9.47 Å². The predicted octanol–water partition coefficient (Wildman–Crippen LogP) is 6.21. The van der Waals surface area contributed by atoms with E-state index in [0.29, 0.717) is 38.0 Å². The van der Waals surface area contributed by atoms with Gasteiger partial charge in [0.1, 0.15) is 5.70 Å². The van der Waals surface area contributed by atoms with Crippen molar-refractivity contribution in [3.05, 3.63) is 86.4 Å². The first-order valence-corrected chi connectivity index (χ1v) is 12.1. The molecule has 0 saturated heterocycles. The zero-order valence-corrected chi connectivity index (χ0v) is 21.5. The molecule has 2 heterocycles. The Labute approximate surface area is 221 Å². The average molecular weight is 612 g/mol. The number of hydrogen-bond donors (Lipinski definition) is 3. The van der Waals surface area contributed by atoms with Gasteiger partial charge in [0.15, 0.2) is 17.2 Å². The molecule has 0 radical (unpaired) electrons. The maximum absolute atomic E-state index is 13.1. The fourth-order valence-corrected chi connectivity index (χ4v) is 4.87. The van der Waals surface area contributed by atoms with Crippen LogP contribution in [0.1, 0.15) is 15.9 Å². The Morgan fingerprint density at radius 1 is 1.03 bits per heavy atom. The molecule has 9 nitrogen and oxygen atoms in total. The summed E-state index contributed by atoms with van der Waals surface area (Å²) in [6.07, 6.45) is 1.46. The first-order chi connectivity index (χ1) is 17.4. The minimum Gasteiger partial charge on any atom is -0.493 e. The molecular formula is C25H16Br2N4O5. The highest BCUT2D eigenvalue weighted by Crippen LogP contribution is 2.40. The molecule has 0 unspecified atom stereocenters. The van der Waals surface area contributed by atoms with Gasteiger partial charge in [0.2, 0.25) is 12.7 Å². The van der Waals surface area contributed by atoms with E-state index in [0.717, 1.165) is 4.47 Å². The van der Waals surface area contributed by atoms with Crippen LogP contribution in [-0.2, 0) is 4.79 Å². The van der Waals surface area contributed by atoms with Crippen LogP contribution in [0, 0.1) is 0 Å². The predicted molar refractivity (Wildman–Crippen MR) is 139 cm³/mol. The molecule has 0 aliphatic carbocycles. The van der Waals surface area contributed by atoms with Crippen LogP contribution in [0.25, 0.3) is 17.0 Å². The molecule has 4 aromatic rings. The lowest BCUT2D eigenvalue weighted by molar-refractivity contribution is -0.115. The first-order valence-electron chi connectivity index (χ1n) is 10.5. The molecule has 180 valence electrons. The Kier molecular flexibility index (Phi) is 6.57. The third-order valence-corrected chi connectivity index (χ3v) is 6.32. The summed E-state index contributed by atoms with van der Waals surface area (Å²) in [5.41, 5.74) is 1.49. The van der Waals surface area contributed by atoms with E-state index >= 15 is 0 Å². The number of aromatic amines is 1. The lowest BCUT2D eigenvalue weighted by Gasteiger charge is -2.07. The van der Waals surface area contributed by atoms with Gasteiger partial charge >= 0.3 is 5.91 Å². The van der Waals surface area contributed by atoms with E-state index in [1.54, 1.807) is 60.7 Å². The summed E-state index contributed by atoms with van der Waals surface area (Å²) in [7, 11) is 0. The summed E-state index contributed by atoms with van der Waals surface area (Å²) in [6, 6.07) is 17.1. The van der Waals surface area contributed by atoms with E-state index < -0.39 is 11.8 Å². The van der Waals surface area contributed by atoms with Crippen molar-refractivity contribution in [2.24, 2.45) is 10.2 Å². The molecule has 5 rings (SSSR count). The number of amides is 2. The van der Waals surface area contributed by atoms with Crippen LogP contribution in [-0.4, -0.2) is 28.7 Å². The Balaban J connectivity index is 1.50. The van der Waals surface area contributed by atoms with Crippen LogP contribution in [0.5, 0.6) is 17.4 Å². The number of azo groups is 1. The molecule has 0 spiro atoms. The third-order valence-electron chi connectivity index (χ3n) is 5.24. The molecule has 0 fully saturated rings. The standard InChI is InChI=1S/C25H16Br2N4O5/c26-15-10-16-21(17(27)11-15)29-25(34)22(16)30-31-24(33)18(28-23(32)14-4-2-1-3-5-14)8-13-6-7-19-20(9-13)36-12-35-19/h1-11,29,34H,12H2,(H,28,32)/b18-8+,31-30?. The SMILES string of the molecule is O=C(N=Nc1c(O)[nH]c2c(Br)cc(Br)cc12)/C(=C\c1ccc2c(c1)OCO2)NC(=O)c1ccccc1. The Hall–Kier alpha value is -3.96. The van der Waals surface area contributed by atoms with E-state index in [9.17, 15) is 14.7 Å². The quantitative estimate of drug-likeness (QED) is 0.183. The molecule has 36 heavy (non-hydrogen) atoms. The summed E-state index contributed by atoms with van der Waals surface area (Å²) in [6.45, 7) is 0.105. The van der Waals surface area contributed by atoms with Crippen LogP contribution < -0.4 is 14.8 Å². The van der Waals surface area contributed by atoms with Crippen LogP contribution in [0.15, 0.2) is 85.5 Å². The van der Waals surface area contributed by atoms with E-state index in [-0.39, 0.29) is 24.1 Å². The highest BCUT2D eigenvalue weighted by atomic mass is 79.9. The second kappa shape index (κ2) is 9.96. The Bertz CT molecular complexity index is 1560. The number of aromatic nitrogens is 1.